The SMILES string of the molecule is CCCNC(CC(F)(F)F)C1CCOC2(CCOCC2)C1. The molecule has 2 aliphatic heterocycles. The lowest BCUT2D eigenvalue weighted by Crippen LogP contribution is -2.50. The minimum absolute atomic E-state index is 0.0324. The molecule has 2 atom stereocenters. The third-order valence-corrected chi connectivity index (χ3v) is 4.61. The van der Waals surface area contributed by atoms with Crippen LogP contribution in [0.2, 0.25) is 0 Å². The maximum absolute atomic E-state index is 12.8. The molecule has 1 spiro atoms. The topological polar surface area (TPSA) is 30.5 Å². The van der Waals surface area contributed by atoms with Gasteiger partial charge in [0.1, 0.15) is 0 Å². The average molecular weight is 309 g/mol. The molecule has 0 bridgehead atoms. The molecule has 21 heavy (non-hydrogen) atoms. The van der Waals surface area contributed by atoms with Gasteiger partial charge in [-0.1, -0.05) is 6.92 Å². The van der Waals surface area contributed by atoms with E-state index in [0.29, 0.717) is 39.2 Å². The Morgan fingerprint density at radius 3 is 2.57 bits per heavy atom. The van der Waals surface area contributed by atoms with Gasteiger partial charge in [0, 0.05) is 25.9 Å². The van der Waals surface area contributed by atoms with Crippen molar-refractivity contribution < 1.29 is 22.6 Å². The van der Waals surface area contributed by atoms with Crippen LogP contribution in [0.1, 0.15) is 45.4 Å². The standard InChI is InChI=1S/C15H26F3NO2/c1-2-6-19-13(11-15(16,17)18)12-3-7-21-14(10-12)4-8-20-9-5-14/h12-13,19H,2-11H2,1H3. The minimum atomic E-state index is -4.12. The van der Waals surface area contributed by atoms with Crippen molar-refractivity contribution in [3.8, 4) is 0 Å². The van der Waals surface area contributed by atoms with Crippen LogP contribution in [0, 0.1) is 5.92 Å². The van der Waals surface area contributed by atoms with E-state index in [0.717, 1.165) is 19.3 Å². The van der Waals surface area contributed by atoms with E-state index in [1.165, 1.54) is 0 Å². The maximum Gasteiger partial charge on any atom is 0.390 e. The molecule has 2 rings (SSSR count). The highest BCUT2D eigenvalue weighted by Gasteiger charge is 2.43. The van der Waals surface area contributed by atoms with Crippen LogP contribution < -0.4 is 5.32 Å². The highest BCUT2D eigenvalue weighted by molar-refractivity contribution is 4.93. The van der Waals surface area contributed by atoms with Gasteiger partial charge >= 0.3 is 6.18 Å². The molecule has 6 heteroatoms. The predicted octanol–water partition coefficient (Wildman–Crippen LogP) is 3.28. The summed E-state index contributed by atoms with van der Waals surface area (Å²) in [4.78, 5) is 0. The fourth-order valence-electron chi connectivity index (χ4n) is 3.49. The quantitative estimate of drug-likeness (QED) is 0.845. The van der Waals surface area contributed by atoms with Crippen molar-refractivity contribution in [2.24, 2.45) is 5.92 Å². The van der Waals surface area contributed by atoms with Gasteiger partial charge in [0.05, 0.1) is 12.0 Å². The summed E-state index contributed by atoms with van der Waals surface area (Å²) < 4.78 is 49.8. The van der Waals surface area contributed by atoms with Crippen LogP contribution in [0.4, 0.5) is 13.2 Å². The summed E-state index contributed by atoms with van der Waals surface area (Å²) >= 11 is 0. The van der Waals surface area contributed by atoms with Crippen LogP contribution in [0.3, 0.4) is 0 Å². The molecule has 2 unspecified atom stereocenters. The number of ether oxygens (including phenoxy) is 2. The van der Waals surface area contributed by atoms with Crippen molar-refractivity contribution in [3.63, 3.8) is 0 Å². The maximum atomic E-state index is 12.8. The van der Waals surface area contributed by atoms with E-state index >= 15 is 0 Å². The molecule has 2 heterocycles. The molecule has 0 saturated carbocycles. The summed E-state index contributed by atoms with van der Waals surface area (Å²) in [5, 5.41) is 3.11. The monoisotopic (exact) mass is 309 g/mol. The Bertz CT molecular complexity index is 311. The largest absolute Gasteiger partial charge is 0.390 e. The Kier molecular flexibility index (Phi) is 5.91. The van der Waals surface area contributed by atoms with Gasteiger partial charge in [0.15, 0.2) is 0 Å². The van der Waals surface area contributed by atoms with Crippen molar-refractivity contribution in [3.05, 3.63) is 0 Å². The van der Waals surface area contributed by atoms with Gasteiger partial charge in [-0.3, -0.25) is 0 Å². The van der Waals surface area contributed by atoms with Crippen molar-refractivity contribution >= 4 is 0 Å². The number of nitrogens with one attached hydrogen (secondary N) is 1. The summed E-state index contributed by atoms with van der Waals surface area (Å²) in [6, 6.07) is -0.492. The molecule has 2 aliphatic rings. The highest BCUT2D eigenvalue weighted by atomic mass is 19.4. The zero-order valence-corrected chi connectivity index (χ0v) is 12.7. The van der Waals surface area contributed by atoms with Gasteiger partial charge < -0.3 is 14.8 Å². The second kappa shape index (κ2) is 7.29. The Hall–Kier alpha value is -0.330. The number of hydrogen-bond donors (Lipinski definition) is 1. The van der Waals surface area contributed by atoms with Gasteiger partial charge in [0.2, 0.25) is 0 Å². The normalized spacial score (nSPS) is 27.7. The van der Waals surface area contributed by atoms with Gasteiger partial charge in [-0.25, -0.2) is 0 Å². The van der Waals surface area contributed by atoms with E-state index in [1.54, 1.807) is 0 Å². The molecule has 0 aliphatic carbocycles. The first-order valence-corrected chi connectivity index (χ1v) is 7.96. The summed E-state index contributed by atoms with van der Waals surface area (Å²) in [5.41, 5.74) is -0.251. The molecule has 0 amide bonds. The van der Waals surface area contributed by atoms with Crippen molar-refractivity contribution in [2.45, 2.75) is 63.3 Å². The number of hydrogen-bond acceptors (Lipinski definition) is 3. The molecule has 2 fully saturated rings. The summed E-state index contributed by atoms with van der Waals surface area (Å²) in [5.74, 6) is 0.0324. The zero-order chi connectivity index (χ0) is 15.3. The van der Waals surface area contributed by atoms with E-state index in [9.17, 15) is 13.2 Å². The molecule has 0 radical (unpaired) electrons. The van der Waals surface area contributed by atoms with Gasteiger partial charge in [-0.2, -0.15) is 13.2 Å². The Morgan fingerprint density at radius 2 is 1.95 bits per heavy atom. The minimum Gasteiger partial charge on any atom is -0.381 e. The van der Waals surface area contributed by atoms with Gasteiger partial charge in [-0.15, -0.1) is 0 Å². The van der Waals surface area contributed by atoms with E-state index in [1.807, 2.05) is 6.92 Å². The fraction of sp³-hybridized carbons (Fsp3) is 1.00. The van der Waals surface area contributed by atoms with Crippen LogP contribution in [-0.4, -0.2) is 44.2 Å². The zero-order valence-electron chi connectivity index (χ0n) is 12.7. The Labute approximate surface area is 124 Å². The lowest BCUT2D eigenvalue weighted by Gasteiger charge is -2.45. The van der Waals surface area contributed by atoms with Gasteiger partial charge in [-0.05, 0) is 44.6 Å². The lowest BCUT2D eigenvalue weighted by molar-refractivity contribution is -0.167. The summed E-state index contributed by atoms with van der Waals surface area (Å²) in [6.07, 6.45) is -0.993. The molecule has 3 nitrogen and oxygen atoms in total. The Balaban J connectivity index is 2.00. The van der Waals surface area contributed by atoms with Crippen LogP contribution in [0.5, 0.6) is 0 Å². The van der Waals surface area contributed by atoms with E-state index in [4.69, 9.17) is 9.47 Å². The highest BCUT2D eigenvalue weighted by Crippen LogP contribution is 2.40. The second-order valence-corrected chi connectivity index (χ2v) is 6.28. The third-order valence-electron chi connectivity index (χ3n) is 4.61. The van der Waals surface area contributed by atoms with Crippen molar-refractivity contribution in [1.29, 1.82) is 0 Å². The van der Waals surface area contributed by atoms with E-state index in [-0.39, 0.29) is 11.5 Å². The van der Waals surface area contributed by atoms with E-state index < -0.39 is 18.6 Å². The third kappa shape index (κ3) is 5.11. The number of halogens is 3. The first kappa shape index (κ1) is 17.0. The molecule has 124 valence electrons. The number of alkyl halides is 3. The molecular formula is C15H26F3NO2. The second-order valence-electron chi connectivity index (χ2n) is 6.28. The van der Waals surface area contributed by atoms with E-state index in [2.05, 4.69) is 5.32 Å². The van der Waals surface area contributed by atoms with Crippen molar-refractivity contribution in [2.75, 3.05) is 26.4 Å². The molecular weight excluding hydrogens is 283 g/mol. The van der Waals surface area contributed by atoms with Crippen LogP contribution in [0.25, 0.3) is 0 Å². The Morgan fingerprint density at radius 1 is 1.24 bits per heavy atom. The van der Waals surface area contributed by atoms with Crippen molar-refractivity contribution in [1.82, 2.24) is 5.32 Å². The average Bonchev–Trinajstić information content (AvgIpc) is 2.43. The predicted molar refractivity (Wildman–Crippen MR) is 74.2 cm³/mol. The molecule has 0 aromatic heterocycles. The van der Waals surface area contributed by atoms with Crippen LogP contribution >= 0.6 is 0 Å². The van der Waals surface area contributed by atoms with Crippen LogP contribution in [-0.2, 0) is 9.47 Å². The molecule has 2 saturated heterocycles. The first-order valence-electron chi connectivity index (χ1n) is 7.96. The van der Waals surface area contributed by atoms with Gasteiger partial charge in [0.25, 0.3) is 0 Å². The van der Waals surface area contributed by atoms with Crippen LogP contribution in [0.15, 0.2) is 0 Å². The summed E-state index contributed by atoms with van der Waals surface area (Å²) in [7, 11) is 0. The fourth-order valence-corrected chi connectivity index (χ4v) is 3.49. The number of rotatable bonds is 5. The molecule has 0 aromatic carbocycles. The smallest absolute Gasteiger partial charge is 0.381 e. The molecule has 0 aromatic rings. The lowest BCUT2D eigenvalue weighted by atomic mass is 9.77. The first-order chi connectivity index (χ1) is 9.94. The summed E-state index contributed by atoms with van der Waals surface area (Å²) in [6.45, 7) is 4.47. The molecule has 1 N–H and O–H groups in total.